The van der Waals surface area contributed by atoms with Crippen molar-refractivity contribution >= 4 is 29.1 Å². The van der Waals surface area contributed by atoms with E-state index in [2.05, 4.69) is 5.32 Å². The Hall–Kier alpha value is -0.770. The van der Waals surface area contributed by atoms with E-state index in [1.165, 1.54) is 0 Å². The van der Waals surface area contributed by atoms with E-state index >= 15 is 0 Å². The van der Waals surface area contributed by atoms with Gasteiger partial charge in [-0.3, -0.25) is 4.79 Å². The fourth-order valence-corrected chi connectivity index (χ4v) is 1.53. The van der Waals surface area contributed by atoms with Gasteiger partial charge in [0.15, 0.2) is 0 Å². The molecule has 0 aliphatic rings. The van der Waals surface area contributed by atoms with Crippen LogP contribution in [0.25, 0.3) is 0 Å². The molecule has 1 rings (SSSR count). The van der Waals surface area contributed by atoms with E-state index in [1.807, 2.05) is 6.92 Å². The lowest BCUT2D eigenvalue weighted by Gasteiger charge is -2.12. The Balaban J connectivity index is 2.69. The fraction of sp³-hybridized carbons (Fsp3) is 0.364. The van der Waals surface area contributed by atoms with Crippen molar-refractivity contribution in [1.82, 2.24) is 5.32 Å². The second-order valence-corrected chi connectivity index (χ2v) is 4.27. The molecule has 1 aromatic rings. The molecule has 3 nitrogen and oxygen atoms in total. The summed E-state index contributed by atoms with van der Waals surface area (Å²) in [7, 11) is 1.59. The summed E-state index contributed by atoms with van der Waals surface area (Å²) < 4.78 is 4.92. The molecule has 1 N–H and O–H groups in total. The molecule has 0 spiro atoms. The Morgan fingerprint density at radius 2 is 2.12 bits per heavy atom. The number of amides is 1. The first-order chi connectivity index (χ1) is 7.54. The Morgan fingerprint density at radius 1 is 1.44 bits per heavy atom. The van der Waals surface area contributed by atoms with Crippen molar-refractivity contribution in [2.45, 2.75) is 13.0 Å². The van der Waals surface area contributed by atoms with Crippen LogP contribution in [0, 0.1) is 0 Å². The summed E-state index contributed by atoms with van der Waals surface area (Å²) in [5.74, 6) is -0.192. The molecule has 0 saturated heterocycles. The molecule has 0 aliphatic heterocycles. The van der Waals surface area contributed by atoms with Crippen LogP contribution < -0.4 is 5.32 Å². The lowest BCUT2D eigenvalue weighted by atomic mass is 10.2. The lowest BCUT2D eigenvalue weighted by molar-refractivity contribution is 0.0905. The van der Waals surface area contributed by atoms with Crippen LogP contribution in [0.3, 0.4) is 0 Å². The smallest absolute Gasteiger partial charge is 0.251 e. The average Bonchev–Trinajstić information content (AvgIpc) is 2.22. The zero-order valence-corrected chi connectivity index (χ0v) is 10.6. The van der Waals surface area contributed by atoms with Gasteiger partial charge in [0, 0.05) is 18.7 Å². The van der Waals surface area contributed by atoms with Crippen LogP contribution in [0.15, 0.2) is 18.2 Å². The van der Waals surface area contributed by atoms with E-state index in [1.54, 1.807) is 25.3 Å². The van der Waals surface area contributed by atoms with Gasteiger partial charge in [-0.15, -0.1) is 0 Å². The highest BCUT2D eigenvalue weighted by molar-refractivity contribution is 6.42. The molecule has 5 heteroatoms. The van der Waals surface area contributed by atoms with Gasteiger partial charge in [0.05, 0.1) is 16.7 Å². The predicted octanol–water partition coefficient (Wildman–Crippen LogP) is 2.76. The van der Waals surface area contributed by atoms with Crippen molar-refractivity contribution in [2.24, 2.45) is 0 Å². The maximum Gasteiger partial charge on any atom is 0.251 e. The maximum absolute atomic E-state index is 11.7. The summed E-state index contributed by atoms with van der Waals surface area (Å²) >= 11 is 11.6. The number of methoxy groups -OCH3 is 1. The highest BCUT2D eigenvalue weighted by Gasteiger charge is 2.10. The molecule has 16 heavy (non-hydrogen) atoms. The number of halogens is 2. The van der Waals surface area contributed by atoms with Gasteiger partial charge in [0.2, 0.25) is 0 Å². The highest BCUT2D eigenvalue weighted by Crippen LogP contribution is 2.22. The maximum atomic E-state index is 11.7. The SMILES string of the molecule is COC[C@H](C)NC(=O)c1ccc(Cl)c(Cl)c1. The molecular weight excluding hydrogens is 249 g/mol. The minimum absolute atomic E-state index is 0.0491. The van der Waals surface area contributed by atoms with E-state index in [0.717, 1.165) is 0 Å². The second kappa shape index (κ2) is 6.09. The molecule has 88 valence electrons. The molecule has 0 saturated carbocycles. The average molecular weight is 262 g/mol. The highest BCUT2D eigenvalue weighted by atomic mass is 35.5. The van der Waals surface area contributed by atoms with Crippen molar-refractivity contribution in [3.8, 4) is 0 Å². The predicted molar refractivity (Wildman–Crippen MR) is 65.3 cm³/mol. The summed E-state index contributed by atoms with van der Waals surface area (Å²) in [6, 6.07) is 4.72. The van der Waals surface area contributed by atoms with Crippen molar-refractivity contribution in [2.75, 3.05) is 13.7 Å². The largest absolute Gasteiger partial charge is 0.383 e. The zero-order chi connectivity index (χ0) is 12.1. The van der Waals surface area contributed by atoms with Crippen LogP contribution in [-0.4, -0.2) is 25.7 Å². The number of carbonyl (C=O) groups excluding carboxylic acids is 1. The van der Waals surface area contributed by atoms with E-state index in [9.17, 15) is 4.79 Å². The van der Waals surface area contributed by atoms with Gasteiger partial charge >= 0.3 is 0 Å². The van der Waals surface area contributed by atoms with E-state index in [-0.39, 0.29) is 11.9 Å². The number of hydrogen-bond donors (Lipinski definition) is 1. The first kappa shape index (κ1) is 13.3. The molecule has 1 aromatic carbocycles. The van der Waals surface area contributed by atoms with Crippen LogP contribution in [-0.2, 0) is 4.74 Å². The van der Waals surface area contributed by atoms with E-state index in [4.69, 9.17) is 27.9 Å². The van der Waals surface area contributed by atoms with E-state index < -0.39 is 0 Å². The van der Waals surface area contributed by atoms with Crippen molar-refractivity contribution in [1.29, 1.82) is 0 Å². The standard InChI is InChI=1S/C11H13Cl2NO2/c1-7(6-16-2)14-11(15)8-3-4-9(12)10(13)5-8/h3-5,7H,6H2,1-2H3,(H,14,15)/t7-/m0/s1. The molecule has 0 fully saturated rings. The van der Waals surface area contributed by atoms with Gasteiger partial charge in [0.1, 0.15) is 0 Å². The molecule has 1 atom stereocenters. The number of ether oxygens (including phenoxy) is 1. The van der Waals surface area contributed by atoms with Crippen LogP contribution in [0.1, 0.15) is 17.3 Å². The summed E-state index contributed by atoms with van der Waals surface area (Å²) in [6.45, 7) is 2.33. The Labute approximate surface area is 105 Å². The first-order valence-electron chi connectivity index (χ1n) is 4.79. The third-order valence-corrected chi connectivity index (χ3v) is 2.71. The van der Waals surface area contributed by atoms with E-state index in [0.29, 0.717) is 22.2 Å². The minimum Gasteiger partial charge on any atom is -0.383 e. The number of hydrogen-bond acceptors (Lipinski definition) is 2. The van der Waals surface area contributed by atoms with Crippen molar-refractivity contribution < 1.29 is 9.53 Å². The summed E-state index contributed by atoms with van der Waals surface area (Å²) in [6.07, 6.45) is 0. The molecule has 0 unspecified atom stereocenters. The lowest BCUT2D eigenvalue weighted by Crippen LogP contribution is -2.35. The first-order valence-corrected chi connectivity index (χ1v) is 5.55. The third kappa shape index (κ3) is 3.67. The second-order valence-electron chi connectivity index (χ2n) is 3.46. The molecule has 0 bridgehead atoms. The molecule has 0 aromatic heterocycles. The van der Waals surface area contributed by atoms with Gasteiger partial charge in [-0.25, -0.2) is 0 Å². The Bertz CT molecular complexity index is 382. The van der Waals surface area contributed by atoms with Gasteiger partial charge in [-0.05, 0) is 25.1 Å². The quantitative estimate of drug-likeness (QED) is 0.906. The van der Waals surface area contributed by atoms with Gasteiger partial charge in [-0.2, -0.15) is 0 Å². The summed E-state index contributed by atoms with van der Waals surface area (Å²) in [5.41, 5.74) is 0.484. The van der Waals surface area contributed by atoms with Gasteiger partial charge in [-0.1, -0.05) is 23.2 Å². The van der Waals surface area contributed by atoms with Crippen molar-refractivity contribution in [3.63, 3.8) is 0 Å². The molecule has 1 amide bonds. The van der Waals surface area contributed by atoms with Crippen LogP contribution in [0.5, 0.6) is 0 Å². The molecular formula is C11H13Cl2NO2. The zero-order valence-electron chi connectivity index (χ0n) is 9.09. The topological polar surface area (TPSA) is 38.3 Å². The van der Waals surface area contributed by atoms with Crippen molar-refractivity contribution in [3.05, 3.63) is 33.8 Å². The fourth-order valence-electron chi connectivity index (χ4n) is 1.24. The number of nitrogens with one attached hydrogen (secondary N) is 1. The number of rotatable bonds is 4. The van der Waals surface area contributed by atoms with Crippen LogP contribution in [0.2, 0.25) is 10.0 Å². The van der Waals surface area contributed by atoms with Crippen LogP contribution in [0.4, 0.5) is 0 Å². The van der Waals surface area contributed by atoms with Crippen LogP contribution >= 0.6 is 23.2 Å². The monoisotopic (exact) mass is 261 g/mol. The van der Waals surface area contributed by atoms with Gasteiger partial charge < -0.3 is 10.1 Å². The molecule has 0 radical (unpaired) electrons. The minimum atomic E-state index is -0.192. The number of benzene rings is 1. The summed E-state index contributed by atoms with van der Waals surface area (Å²) in [5, 5.41) is 3.58. The summed E-state index contributed by atoms with van der Waals surface area (Å²) in [4.78, 5) is 11.7. The molecule has 0 aliphatic carbocycles. The Morgan fingerprint density at radius 3 is 2.69 bits per heavy atom. The number of carbonyl (C=O) groups is 1. The molecule has 0 heterocycles. The third-order valence-electron chi connectivity index (χ3n) is 1.98. The Kier molecular flexibility index (Phi) is 5.06. The normalized spacial score (nSPS) is 12.2. The van der Waals surface area contributed by atoms with Gasteiger partial charge in [0.25, 0.3) is 5.91 Å².